The second-order valence-corrected chi connectivity index (χ2v) is 11.1. The normalized spacial score (nSPS) is 15.8. The number of hydrogen-bond acceptors (Lipinski definition) is 6. The Labute approximate surface area is 211 Å². The Kier molecular flexibility index (Phi) is 7.30. The van der Waals surface area contributed by atoms with E-state index in [9.17, 15) is 13.2 Å². The van der Waals surface area contributed by atoms with Crippen molar-refractivity contribution >= 4 is 33.0 Å². The van der Waals surface area contributed by atoms with Gasteiger partial charge < -0.3 is 21.6 Å². The maximum absolute atomic E-state index is 13.6. The van der Waals surface area contributed by atoms with Crippen LogP contribution < -0.4 is 16.4 Å². The van der Waals surface area contributed by atoms with E-state index in [1.807, 2.05) is 6.07 Å². The molecule has 9 heteroatoms. The quantitative estimate of drug-likeness (QED) is 0.160. The van der Waals surface area contributed by atoms with Crippen molar-refractivity contribution in [3.8, 4) is 11.1 Å². The van der Waals surface area contributed by atoms with E-state index in [0.29, 0.717) is 35.3 Å². The van der Waals surface area contributed by atoms with Crippen LogP contribution in [0, 0.1) is 0 Å². The highest BCUT2D eigenvalue weighted by Gasteiger charge is 2.39. The summed E-state index contributed by atoms with van der Waals surface area (Å²) in [6, 6.07) is 21.2. The Hall–Kier alpha value is -3.85. The molecule has 188 valence electrons. The average molecular weight is 507 g/mol. The fourth-order valence-electron chi connectivity index (χ4n) is 4.67. The first kappa shape index (κ1) is 25.2. The van der Waals surface area contributed by atoms with Crippen LogP contribution in [0.1, 0.15) is 37.7 Å². The summed E-state index contributed by atoms with van der Waals surface area (Å²) >= 11 is 0. The molecular weight excluding hydrogens is 476 g/mol. The number of nitrogens with two attached hydrogens (primary N) is 1. The SMILES string of the molecule is CS(=O)(=O)c1ccccc1-c1ccc(NC(=O)C2(Nc3cccc(/C(N)=N/O)c3)CCCCC2)cc1. The summed E-state index contributed by atoms with van der Waals surface area (Å²) in [5.74, 6) is -0.140. The zero-order valence-electron chi connectivity index (χ0n) is 20.1. The van der Waals surface area contributed by atoms with E-state index >= 15 is 0 Å². The number of nitrogens with one attached hydrogen (secondary N) is 2. The molecule has 1 amide bonds. The third kappa shape index (κ3) is 5.52. The van der Waals surface area contributed by atoms with Crippen LogP contribution in [0.2, 0.25) is 0 Å². The second kappa shape index (κ2) is 10.4. The molecule has 0 saturated heterocycles. The Bertz CT molecular complexity index is 1380. The van der Waals surface area contributed by atoms with Crippen molar-refractivity contribution in [2.24, 2.45) is 10.9 Å². The summed E-state index contributed by atoms with van der Waals surface area (Å²) in [6.07, 6.45) is 5.44. The number of amides is 1. The number of carbonyl (C=O) groups is 1. The van der Waals surface area contributed by atoms with Crippen LogP contribution in [0.5, 0.6) is 0 Å². The monoisotopic (exact) mass is 506 g/mol. The van der Waals surface area contributed by atoms with E-state index in [4.69, 9.17) is 10.9 Å². The van der Waals surface area contributed by atoms with Crippen molar-refractivity contribution in [2.75, 3.05) is 16.9 Å². The van der Waals surface area contributed by atoms with Gasteiger partial charge >= 0.3 is 0 Å². The number of benzene rings is 3. The molecule has 5 N–H and O–H groups in total. The number of nitrogens with zero attached hydrogens (tertiary/aromatic N) is 1. The van der Waals surface area contributed by atoms with Gasteiger partial charge in [0.1, 0.15) is 5.54 Å². The first-order valence-electron chi connectivity index (χ1n) is 11.8. The zero-order chi connectivity index (χ0) is 25.8. The molecular formula is C27H30N4O4S. The van der Waals surface area contributed by atoms with Gasteiger partial charge in [-0.2, -0.15) is 0 Å². The predicted molar refractivity (Wildman–Crippen MR) is 142 cm³/mol. The van der Waals surface area contributed by atoms with Crippen LogP contribution in [0.3, 0.4) is 0 Å². The van der Waals surface area contributed by atoms with E-state index < -0.39 is 15.4 Å². The van der Waals surface area contributed by atoms with Crippen LogP contribution >= 0.6 is 0 Å². The number of carbonyl (C=O) groups excluding carboxylic acids is 1. The lowest BCUT2D eigenvalue weighted by Crippen LogP contribution is -2.51. The molecule has 3 aromatic carbocycles. The van der Waals surface area contributed by atoms with Crippen molar-refractivity contribution in [3.05, 3.63) is 78.4 Å². The van der Waals surface area contributed by atoms with E-state index in [-0.39, 0.29) is 16.6 Å². The molecule has 1 fully saturated rings. The zero-order valence-corrected chi connectivity index (χ0v) is 20.9. The molecule has 0 heterocycles. The summed E-state index contributed by atoms with van der Waals surface area (Å²) in [5.41, 5.74) is 8.19. The summed E-state index contributed by atoms with van der Waals surface area (Å²) in [4.78, 5) is 13.8. The summed E-state index contributed by atoms with van der Waals surface area (Å²) in [5, 5.41) is 18.5. The van der Waals surface area contributed by atoms with Crippen molar-refractivity contribution in [1.29, 1.82) is 0 Å². The minimum absolute atomic E-state index is 0.00154. The standard InChI is InChI=1S/C27H30N4O4S/c1-36(34,35)24-11-4-3-10-23(24)19-12-14-21(15-13-19)29-26(32)27(16-5-2-6-17-27)30-22-9-7-8-20(18-22)25(28)31-33/h3-4,7-15,18,30,33H,2,5-6,16-17H2,1H3,(H2,28,31)(H,29,32). The maximum atomic E-state index is 13.6. The lowest BCUT2D eigenvalue weighted by atomic mass is 9.80. The van der Waals surface area contributed by atoms with E-state index in [0.717, 1.165) is 24.8 Å². The maximum Gasteiger partial charge on any atom is 0.250 e. The summed E-state index contributed by atoms with van der Waals surface area (Å²) in [6.45, 7) is 0. The predicted octanol–water partition coefficient (Wildman–Crippen LogP) is 4.61. The molecule has 8 nitrogen and oxygen atoms in total. The number of oxime groups is 1. The van der Waals surface area contributed by atoms with Gasteiger partial charge in [-0.3, -0.25) is 4.79 Å². The van der Waals surface area contributed by atoms with Crippen molar-refractivity contribution in [2.45, 2.75) is 42.5 Å². The highest BCUT2D eigenvalue weighted by Crippen LogP contribution is 2.34. The second-order valence-electron chi connectivity index (χ2n) is 9.13. The van der Waals surface area contributed by atoms with Crippen LogP contribution in [0.25, 0.3) is 11.1 Å². The molecule has 0 atom stereocenters. The van der Waals surface area contributed by atoms with Gasteiger partial charge in [-0.1, -0.05) is 66.9 Å². The topological polar surface area (TPSA) is 134 Å². The highest BCUT2D eigenvalue weighted by atomic mass is 32.2. The van der Waals surface area contributed by atoms with Crippen LogP contribution in [0.4, 0.5) is 11.4 Å². The summed E-state index contributed by atoms with van der Waals surface area (Å²) in [7, 11) is -3.38. The van der Waals surface area contributed by atoms with E-state index in [1.54, 1.807) is 66.7 Å². The van der Waals surface area contributed by atoms with Crippen LogP contribution in [-0.4, -0.2) is 37.2 Å². The van der Waals surface area contributed by atoms with Crippen LogP contribution in [-0.2, 0) is 14.6 Å². The first-order chi connectivity index (χ1) is 17.2. The molecule has 0 aromatic heterocycles. The Morgan fingerprint density at radius 2 is 1.64 bits per heavy atom. The molecule has 0 radical (unpaired) electrons. The number of amidine groups is 1. The van der Waals surface area contributed by atoms with Gasteiger partial charge in [0.25, 0.3) is 0 Å². The largest absolute Gasteiger partial charge is 0.409 e. The van der Waals surface area contributed by atoms with Crippen molar-refractivity contribution < 1.29 is 18.4 Å². The number of hydrogen-bond donors (Lipinski definition) is 4. The molecule has 1 aliphatic carbocycles. The molecule has 36 heavy (non-hydrogen) atoms. The molecule has 0 bridgehead atoms. The Morgan fingerprint density at radius 1 is 0.944 bits per heavy atom. The van der Waals surface area contributed by atoms with Gasteiger partial charge in [-0.25, -0.2) is 8.42 Å². The first-order valence-corrected chi connectivity index (χ1v) is 13.7. The third-order valence-electron chi connectivity index (χ3n) is 6.53. The molecule has 0 spiro atoms. The minimum atomic E-state index is -3.38. The average Bonchev–Trinajstić information content (AvgIpc) is 2.89. The molecule has 0 unspecified atom stereocenters. The molecule has 3 aromatic rings. The highest BCUT2D eigenvalue weighted by molar-refractivity contribution is 7.90. The molecule has 4 rings (SSSR count). The van der Waals surface area contributed by atoms with Gasteiger partial charge in [0.2, 0.25) is 5.91 Å². The fraction of sp³-hybridized carbons (Fsp3) is 0.259. The van der Waals surface area contributed by atoms with Crippen molar-refractivity contribution in [3.63, 3.8) is 0 Å². The number of rotatable bonds is 7. The molecule has 1 saturated carbocycles. The third-order valence-corrected chi connectivity index (χ3v) is 7.69. The molecule has 0 aliphatic heterocycles. The summed E-state index contributed by atoms with van der Waals surface area (Å²) < 4.78 is 24.4. The lowest BCUT2D eigenvalue weighted by Gasteiger charge is -2.37. The number of sulfone groups is 1. The van der Waals surface area contributed by atoms with Gasteiger partial charge in [0.15, 0.2) is 15.7 Å². The lowest BCUT2D eigenvalue weighted by molar-refractivity contribution is -0.121. The van der Waals surface area contributed by atoms with E-state index in [1.165, 1.54) is 6.26 Å². The van der Waals surface area contributed by atoms with E-state index in [2.05, 4.69) is 15.8 Å². The Morgan fingerprint density at radius 3 is 2.31 bits per heavy atom. The van der Waals surface area contributed by atoms with Gasteiger partial charge in [0, 0.05) is 28.8 Å². The van der Waals surface area contributed by atoms with Crippen molar-refractivity contribution in [1.82, 2.24) is 0 Å². The smallest absolute Gasteiger partial charge is 0.250 e. The van der Waals surface area contributed by atoms with Crippen LogP contribution in [0.15, 0.2) is 82.8 Å². The molecule has 1 aliphatic rings. The van der Waals surface area contributed by atoms with Gasteiger partial charge in [0.05, 0.1) is 4.90 Å². The number of anilines is 2. The van der Waals surface area contributed by atoms with Gasteiger partial charge in [-0.05, 0) is 48.7 Å². The minimum Gasteiger partial charge on any atom is -0.409 e. The fourth-order valence-corrected chi connectivity index (χ4v) is 5.58. The Balaban J connectivity index is 1.57. The van der Waals surface area contributed by atoms with Gasteiger partial charge in [-0.15, -0.1) is 0 Å².